The molecule has 2 aliphatic rings. The molecular weight excluding hydrogens is 495 g/mol. The zero-order valence-electron chi connectivity index (χ0n) is 21.8. The van der Waals surface area contributed by atoms with Gasteiger partial charge in [-0.2, -0.15) is 4.31 Å². The van der Waals surface area contributed by atoms with Crippen LogP contribution in [0.3, 0.4) is 0 Å². The van der Waals surface area contributed by atoms with Gasteiger partial charge in [-0.25, -0.2) is 12.8 Å². The van der Waals surface area contributed by atoms with Crippen LogP contribution in [0.4, 0.5) is 4.39 Å². The molecule has 1 N–H and O–H groups in total. The molecule has 0 spiro atoms. The fraction of sp³-hybridized carbons (Fsp3) is 0.536. The average molecular weight is 533 g/mol. The minimum absolute atomic E-state index is 0.0109. The molecule has 2 aromatic rings. The molecule has 0 saturated heterocycles. The topological polar surface area (TPSA) is 87.2 Å². The Bertz CT molecular complexity index is 1200. The van der Waals surface area contributed by atoms with Gasteiger partial charge in [-0.1, -0.05) is 44.4 Å². The summed E-state index contributed by atoms with van der Waals surface area (Å²) in [5.74, 6) is -0.306. The molecular formula is C28H37FN2O5S. The van der Waals surface area contributed by atoms with E-state index in [-0.39, 0.29) is 47.4 Å². The highest BCUT2D eigenvalue weighted by atomic mass is 32.2. The van der Waals surface area contributed by atoms with Crippen LogP contribution >= 0.6 is 0 Å². The van der Waals surface area contributed by atoms with E-state index in [4.69, 9.17) is 4.74 Å². The van der Waals surface area contributed by atoms with Crippen LogP contribution in [0.25, 0.3) is 11.1 Å². The van der Waals surface area contributed by atoms with Gasteiger partial charge in [0.15, 0.2) is 0 Å². The van der Waals surface area contributed by atoms with Crippen LogP contribution in [0.1, 0.15) is 46.0 Å². The number of aliphatic hydroxyl groups is 1. The van der Waals surface area contributed by atoms with Crippen molar-refractivity contribution in [2.75, 3.05) is 26.7 Å². The van der Waals surface area contributed by atoms with Crippen molar-refractivity contribution < 1.29 is 27.4 Å². The summed E-state index contributed by atoms with van der Waals surface area (Å²) in [6.07, 6.45) is 4.61. The molecule has 1 heterocycles. The van der Waals surface area contributed by atoms with Crippen molar-refractivity contribution in [3.63, 3.8) is 0 Å². The summed E-state index contributed by atoms with van der Waals surface area (Å²) in [6, 6.07) is 10.2. The Kier molecular flexibility index (Phi) is 8.56. The average Bonchev–Trinajstić information content (AvgIpc) is 2.90. The second kappa shape index (κ2) is 11.5. The molecule has 1 amide bonds. The normalized spacial score (nSPS) is 23.3. The lowest BCUT2D eigenvalue weighted by molar-refractivity contribution is -0.136. The number of rotatable bonds is 6. The van der Waals surface area contributed by atoms with Gasteiger partial charge < -0.3 is 14.7 Å². The van der Waals surface area contributed by atoms with E-state index in [9.17, 15) is 22.7 Å². The zero-order valence-corrected chi connectivity index (χ0v) is 22.6. The first-order valence-electron chi connectivity index (χ1n) is 13.1. The number of hydrogen-bond acceptors (Lipinski definition) is 5. The lowest BCUT2D eigenvalue weighted by Crippen LogP contribution is -2.50. The van der Waals surface area contributed by atoms with E-state index in [1.807, 2.05) is 6.92 Å². The molecule has 0 unspecified atom stereocenters. The van der Waals surface area contributed by atoms with E-state index in [0.717, 1.165) is 37.7 Å². The second-order valence-electron chi connectivity index (χ2n) is 10.5. The van der Waals surface area contributed by atoms with Crippen LogP contribution in [0.5, 0.6) is 5.75 Å². The molecule has 2 aromatic carbocycles. The first kappa shape index (κ1) is 27.5. The summed E-state index contributed by atoms with van der Waals surface area (Å²) in [7, 11) is -2.19. The van der Waals surface area contributed by atoms with Crippen LogP contribution in [0.2, 0.25) is 0 Å². The summed E-state index contributed by atoms with van der Waals surface area (Å²) in [6.45, 7) is 3.73. The number of halogens is 1. The van der Waals surface area contributed by atoms with E-state index >= 15 is 0 Å². The molecule has 4 rings (SSSR count). The number of likely N-dealkylation sites (N-methyl/N-ethyl adjacent to an activating group) is 1. The number of ether oxygens (including phenoxy) is 1. The van der Waals surface area contributed by atoms with Gasteiger partial charge in [0.25, 0.3) is 0 Å². The Balaban J connectivity index is 1.71. The van der Waals surface area contributed by atoms with E-state index in [1.54, 1.807) is 43.1 Å². The Labute approximate surface area is 219 Å². The third-order valence-corrected chi connectivity index (χ3v) is 9.65. The second-order valence-corrected chi connectivity index (χ2v) is 12.3. The fourth-order valence-electron chi connectivity index (χ4n) is 5.29. The maximum Gasteiger partial charge on any atom is 0.247 e. The van der Waals surface area contributed by atoms with Gasteiger partial charge in [-0.15, -0.1) is 0 Å². The largest absolute Gasteiger partial charge is 0.487 e. The van der Waals surface area contributed by atoms with Crippen molar-refractivity contribution in [3.05, 3.63) is 48.3 Å². The van der Waals surface area contributed by atoms with Gasteiger partial charge in [-0.05, 0) is 55.2 Å². The SMILES string of the molecule is C[C@H]1CN([C@@H](C)CO)S(=O)(=O)c2ccc(-c3ccc(F)cc3)cc2O[C@H]1CN(C)C(=O)C1CCCCC1. The fourth-order valence-corrected chi connectivity index (χ4v) is 7.11. The van der Waals surface area contributed by atoms with Crippen molar-refractivity contribution in [1.82, 2.24) is 9.21 Å². The van der Waals surface area contributed by atoms with Gasteiger partial charge >= 0.3 is 0 Å². The highest BCUT2D eigenvalue weighted by Crippen LogP contribution is 2.37. The quantitative estimate of drug-likeness (QED) is 0.600. The number of amides is 1. The lowest BCUT2D eigenvalue weighted by atomic mass is 9.88. The maximum atomic E-state index is 13.7. The third kappa shape index (κ3) is 5.99. The Morgan fingerprint density at radius 1 is 1.14 bits per heavy atom. The minimum atomic E-state index is -3.97. The lowest BCUT2D eigenvalue weighted by Gasteiger charge is -2.38. The van der Waals surface area contributed by atoms with Gasteiger partial charge in [0, 0.05) is 31.5 Å². The van der Waals surface area contributed by atoms with Gasteiger partial charge in [0.05, 0.1) is 13.2 Å². The van der Waals surface area contributed by atoms with Crippen molar-refractivity contribution in [3.8, 4) is 16.9 Å². The third-order valence-electron chi connectivity index (χ3n) is 7.63. The van der Waals surface area contributed by atoms with E-state index in [0.29, 0.717) is 12.1 Å². The number of carbonyl (C=O) groups is 1. The number of hydrogen-bond donors (Lipinski definition) is 1. The van der Waals surface area contributed by atoms with Crippen molar-refractivity contribution in [2.24, 2.45) is 11.8 Å². The van der Waals surface area contributed by atoms with Crippen molar-refractivity contribution in [2.45, 2.75) is 63.0 Å². The molecule has 3 atom stereocenters. The summed E-state index contributed by atoms with van der Waals surface area (Å²) in [5, 5.41) is 9.84. The molecule has 37 heavy (non-hydrogen) atoms. The molecule has 9 heteroatoms. The van der Waals surface area contributed by atoms with Crippen LogP contribution in [0, 0.1) is 17.7 Å². The summed E-state index contributed by atoms with van der Waals surface area (Å²) >= 11 is 0. The van der Waals surface area contributed by atoms with Crippen LogP contribution in [0.15, 0.2) is 47.4 Å². The first-order valence-corrected chi connectivity index (χ1v) is 14.5. The molecule has 1 fully saturated rings. The maximum absolute atomic E-state index is 13.7. The van der Waals surface area contributed by atoms with E-state index in [1.165, 1.54) is 22.5 Å². The summed E-state index contributed by atoms with van der Waals surface area (Å²) < 4.78 is 48.6. The van der Waals surface area contributed by atoms with Crippen molar-refractivity contribution in [1.29, 1.82) is 0 Å². The zero-order chi connectivity index (χ0) is 26.7. The monoisotopic (exact) mass is 532 g/mol. The molecule has 0 bridgehead atoms. The number of nitrogens with zero attached hydrogens (tertiary/aromatic N) is 2. The van der Waals surface area contributed by atoms with Gasteiger partial charge in [0.2, 0.25) is 15.9 Å². The number of aliphatic hydroxyl groups excluding tert-OH is 1. The minimum Gasteiger partial charge on any atom is -0.487 e. The number of carbonyl (C=O) groups excluding carboxylic acids is 1. The van der Waals surface area contributed by atoms with Gasteiger partial charge in [-0.3, -0.25) is 4.79 Å². The molecule has 1 aliphatic heterocycles. The van der Waals surface area contributed by atoms with E-state index in [2.05, 4.69) is 0 Å². The Morgan fingerprint density at radius 3 is 2.43 bits per heavy atom. The van der Waals surface area contributed by atoms with Crippen molar-refractivity contribution >= 4 is 15.9 Å². The van der Waals surface area contributed by atoms with Gasteiger partial charge in [0.1, 0.15) is 22.6 Å². The molecule has 7 nitrogen and oxygen atoms in total. The molecule has 0 aromatic heterocycles. The predicted molar refractivity (Wildman–Crippen MR) is 140 cm³/mol. The molecule has 1 saturated carbocycles. The number of sulfonamides is 1. The highest BCUT2D eigenvalue weighted by molar-refractivity contribution is 7.89. The van der Waals surface area contributed by atoms with Crippen LogP contribution in [-0.2, 0) is 14.8 Å². The van der Waals surface area contributed by atoms with E-state index < -0.39 is 22.2 Å². The summed E-state index contributed by atoms with van der Waals surface area (Å²) in [5.41, 5.74) is 1.41. The smallest absolute Gasteiger partial charge is 0.247 e. The molecule has 0 radical (unpaired) electrons. The van der Waals surface area contributed by atoms with Crippen LogP contribution in [-0.4, -0.2) is 67.5 Å². The first-order chi connectivity index (χ1) is 17.6. The summed E-state index contributed by atoms with van der Waals surface area (Å²) in [4.78, 5) is 14.9. The highest BCUT2D eigenvalue weighted by Gasteiger charge is 2.39. The predicted octanol–water partition coefficient (Wildman–Crippen LogP) is 4.30. The Hall–Kier alpha value is -2.49. The Morgan fingerprint density at radius 2 is 1.78 bits per heavy atom. The number of fused-ring (bicyclic) bond motifs is 1. The van der Waals surface area contributed by atoms with Crippen LogP contribution < -0.4 is 4.74 Å². The molecule has 202 valence electrons. The number of benzene rings is 2. The molecule has 1 aliphatic carbocycles. The standard InChI is InChI=1S/C28H37FN2O5S/c1-19-16-31(20(2)18-32)37(34,35)27-14-11-23(21-9-12-24(29)13-10-21)15-25(27)36-26(19)17-30(3)28(33)22-7-5-4-6-8-22/h9-15,19-20,22,26,32H,4-8,16-18H2,1-3H3/t19-,20-,26-/m0/s1.